The van der Waals surface area contributed by atoms with E-state index in [1.807, 2.05) is 11.6 Å². The monoisotopic (exact) mass is 288 g/mol. The number of aromatic nitrogens is 2. The summed E-state index contributed by atoms with van der Waals surface area (Å²) in [7, 11) is 1.72. The van der Waals surface area contributed by atoms with Crippen LogP contribution in [0.15, 0.2) is 0 Å². The summed E-state index contributed by atoms with van der Waals surface area (Å²) in [6, 6.07) is 0.177. The molecule has 1 aromatic heterocycles. The van der Waals surface area contributed by atoms with Crippen LogP contribution in [0.1, 0.15) is 38.1 Å². The van der Waals surface area contributed by atoms with Crippen LogP contribution in [0.2, 0.25) is 5.02 Å². The minimum absolute atomic E-state index is 0.177. The van der Waals surface area contributed by atoms with Crippen molar-refractivity contribution in [2.45, 2.75) is 58.7 Å². The zero-order chi connectivity index (χ0) is 14.4. The molecule has 0 fully saturated rings. The molecule has 110 valence electrons. The number of nitrogens with zero attached hydrogens (tertiary/aromatic N) is 2. The van der Waals surface area contributed by atoms with Crippen molar-refractivity contribution >= 4 is 11.6 Å². The molecule has 3 N–H and O–H groups in total. The van der Waals surface area contributed by atoms with Crippen molar-refractivity contribution in [1.29, 1.82) is 0 Å². The van der Waals surface area contributed by atoms with Gasteiger partial charge in [0.15, 0.2) is 0 Å². The van der Waals surface area contributed by atoms with Crippen LogP contribution in [0.5, 0.6) is 0 Å². The first-order chi connectivity index (χ1) is 9.03. The molecule has 6 heteroatoms. The van der Waals surface area contributed by atoms with E-state index in [4.69, 9.17) is 22.2 Å². The SMILES string of the molecule is CCn1nc(C)c(Cl)c1CC(CCC(C)OC)NN. The Morgan fingerprint density at radius 1 is 1.47 bits per heavy atom. The molecule has 0 amide bonds. The maximum Gasteiger partial charge on any atom is 0.0847 e. The Morgan fingerprint density at radius 3 is 2.68 bits per heavy atom. The number of ether oxygens (including phenoxy) is 1. The van der Waals surface area contributed by atoms with Gasteiger partial charge in [0.1, 0.15) is 0 Å². The van der Waals surface area contributed by atoms with Crippen LogP contribution in [0.4, 0.5) is 0 Å². The van der Waals surface area contributed by atoms with Gasteiger partial charge in [0, 0.05) is 26.1 Å². The Hall–Kier alpha value is -0.620. The third-order valence-electron chi connectivity index (χ3n) is 3.45. The summed E-state index contributed by atoms with van der Waals surface area (Å²) < 4.78 is 7.20. The zero-order valence-corrected chi connectivity index (χ0v) is 13.0. The predicted molar refractivity (Wildman–Crippen MR) is 78.2 cm³/mol. The Morgan fingerprint density at radius 2 is 2.16 bits per heavy atom. The first-order valence-corrected chi connectivity index (χ1v) is 7.11. The van der Waals surface area contributed by atoms with Crippen LogP contribution in [-0.2, 0) is 17.7 Å². The Bertz CT molecular complexity index is 394. The lowest BCUT2D eigenvalue weighted by atomic mass is 10.0. The molecule has 0 bridgehead atoms. The Balaban J connectivity index is 2.70. The summed E-state index contributed by atoms with van der Waals surface area (Å²) in [6.07, 6.45) is 2.92. The van der Waals surface area contributed by atoms with E-state index >= 15 is 0 Å². The van der Waals surface area contributed by atoms with E-state index in [1.165, 1.54) is 0 Å². The molecule has 0 radical (unpaired) electrons. The number of aryl methyl sites for hydroxylation is 2. The number of halogens is 1. The smallest absolute Gasteiger partial charge is 0.0847 e. The number of hydrogen-bond donors (Lipinski definition) is 2. The van der Waals surface area contributed by atoms with E-state index in [0.717, 1.165) is 42.2 Å². The summed E-state index contributed by atoms with van der Waals surface area (Å²) in [5.41, 5.74) is 4.79. The molecule has 0 aliphatic heterocycles. The molecule has 0 aromatic carbocycles. The summed E-state index contributed by atoms with van der Waals surface area (Å²) in [5.74, 6) is 5.63. The van der Waals surface area contributed by atoms with Crippen molar-refractivity contribution in [2.24, 2.45) is 5.84 Å². The molecule has 1 rings (SSSR count). The van der Waals surface area contributed by atoms with Crippen molar-refractivity contribution in [3.05, 3.63) is 16.4 Å². The van der Waals surface area contributed by atoms with E-state index in [1.54, 1.807) is 7.11 Å². The lowest BCUT2D eigenvalue weighted by molar-refractivity contribution is 0.106. The topological polar surface area (TPSA) is 65.1 Å². The van der Waals surface area contributed by atoms with E-state index in [0.29, 0.717) is 0 Å². The van der Waals surface area contributed by atoms with Crippen molar-refractivity contribution in [1.82, 2.24) is 15.2 Å². The van der Waals surface area contributed by atoms with Gasteiger partial charge in [-0.05, 0) is 33.6 Å². The molecule has 2 atom stereocenters. The molecular formula is C13H25ClN4O. The molecule has 0 spiro atoms. The first-order valence-electron chi connectivity index (χ1n) is 6.74. The highest BCUT2D eigenvalue weighted by molar-refractivity contribution is 6.31. The number of hydrazine groups is 1. The molecule has 0 saturated heterocycles. The number of nitrogens with two attached hydrogens (primary N) is 1. The number of hydrogen-bond acceptors (Lipinski definition) is 4. The average Bonchev–Trinajstić information content (AvgIpc) is 2.69. The van der Waals surface area contributed by atoms with Crippen LogP contribution < -0.4 is 11.3 Å². The van der Waals surface area contributed by atoms with Gasteiger partial charge in [0.05, 0.1) is 22.5 Å². The predicted octanol–water partition coefficient (Wildman–Crippen LogP) is 2.05. The number of methoxy groups -OCH3 is 1. The summed E-state index contributed by atoms with van der Waals surface area (Å²) >= 11 is 6.31. The van der Waals surface area contributed by atoms with E-state index < -0.39 is 0 Å². The first kappa shape index (κ1) is 16.4. The fraction of sp³-hybridized carbons (Fsp3) is 0.769. The lowest BCUT2D eigenvalue weighted by Crippen LogP contribution is -2.38. The van der Waals surface area contributed by atoms with E-state index in [-0.39, 0.29) is 12.1 Å². The fourth-order valence-electron chi connectivity index (χ4n) is 2.10. The van der Waals surface area contributed by atoms with Gasteiger partial charge in [-0.15, -0.1) is 0 Å². The maximum atomic E-state index is 6.31. The Labute approximate surface area is 120 Å². The van der Waals surface area contributed by atoms with Crippen molar-refractivity contribution < 1.29 is 4.74 Å². The van der Waals surface area contributed by atoms with Gasteiger partial charge in [-0.2, -0.15) is 5.10 Å². The van der Waals surface area contributed by atoms with Crippen molar-refractivity contribution in [2.75, 3.05) is 7.11 Å². The highest BCUT2D eigenvalue weighted by Gasteiger charge is 2.17. The normalized spacial score (nSPS) is 14.6. The van der Waals surface area contributed by atoms with Crippen LogP contribution in [-0.4, -0.2) is 29.0 Å². The van der Waals surface area contributed by atoms with Gasteiger partial charge in [0.25, 0.3) is 0 Å². The van der Waals surface area contributed by atoms with Crippen molar-refractivity contribution in [3.8, 4) is 0 Å². The minimum Gasteiger partial charge on any atom is -0.382 e. The molecule has 0 saturated carbocycles. The minimum atomic E-state index is 0.177. The fourth-order valence-corrected chi connectivity index (χ4v) is 2.31. The molecule has 1 aromatic rings. The van der Waals surface area contributed by atoms with Crippen LogP contribution in [0.25, 0.3) is 0 Å². The van der Waals surface area contributed by atoms with Crippen LogP contribution in [0, 0.1) is 6.92 Å². The van der Waals surface area contributed by atoms with Crippen LogP contribution in [0.3, 0.4) is 0 Å². The van der Waals surface area contributed by atoms with Gasteiger partial charge >= 0.3 is 0 Å². The lowest BCUT2D eigenvalue weighted by Gasteiger charge is -2.18. The average molecular weight is 289 g/mol. The second-order valence-electron chi connectivity index (χ2n) is 4.85. The molecule has 5 nitrogen and oxygen atoms in total. The largest absolute Gasteiger partial charge is 0.382 e. The van der Waals surface area contributed by atoms with Crippen molar-refractivity contribution in [3.63, 3.8) is 0 Å². The second kappa shape index (κ2) is 7.85. The second-order valence-corrected chi connectivity index (χ2v) is 5.23. The summed E-state index contributed by atoms with van der Waals surface area (Å²) in [6.45, 7) is 6.86. The van der Waals surface area contributed by atoms with Gasteiger partial charge in [-0.3, -0.25) is 16.0 Å². The standard InChI is InChI=1S/C13H25ClN4O/c1-5-18-12(13(14)10(3)17-18)8-11(16-15)7-6-9(2)19-4/h9,11,16H,5-8,15H2,1-4H3. The maximum absolute atomic E-state index is 6.31. The molecule has 1 heterocycles. The molecular weight excluding hydrogens is 264 g/mol. The van der Waals surface area contributed by atoms with Gasteiger partial charge in [-0.25, -0.2) is 0 Å². The quantitative estimate of drug-likeness (QED) is 0.568. The molecule has 19 heavy (non-hydrogen) atoms. The van der Waals surface area contributed by atoms with Gasteiger partial charge in [-0.1, -0.05) is 11.6 Å². The molecule has 0 aliphatic rings. The highest BCUT2D eigenvalue weighted by Crippen LogP contribution is 2.22. The third-order valence-corrected chi connectivity index (χ3v) is 3.94. The van der Waals surface area contributed by atoms with Gasteiger partial charge in [0.2, 0.25) is 0 Å². The number of nitrogens with one attached hydrogen (secondary N) is 1. The summed E-state index contributed by atoms with van der Waals surface area (Å²) in [4.78, 5) is 0. The zero-order valence-electron chi connectivity index (χ0n) is 12.2. The third kappa shape index (κ3) is 4.45. The molecule has 2 unspecified atom stereocenters. The Kier molecular flexibility index (Phi) is 6.79. The van der Waals surface area contributed by atoms with Gasteiger partial charge < -0.3 is 4.74 Å². The highest BCUT2D eigenvalue weighted by atomic mass is 35.5. The summed E-state index contributed by atoms with van der Waals surface area (Å²) in [5, 5.41) is 5.17. The van der Waals surface area contributed by atoms with E-state index in [2.05, 4.69) is 24.4 Å². The molecule has 0 aliphatic carbocycles. The van der Waals surface area contributed by atoms with E-state index in [9.17, 15) is 0 Å². The van der Waals surface area contributed by atoms with Crippen LogP contribution >= 0.6 is 11.6 Å². The number of rotatable bonds is 8.